The van der Waals surface area contributed by atoms with Gasteiger partial charge in [0.2, 0.25) is 0 Å². The molecule has 0 spiro atoms. The second-order valence-corrected chi connectivity index (χ2v) is 7.87. The molecule has 102 valence electrons. The van der Waals surface area contributed by atoms with Crippen molar-refractivity contribution in [1.82, 2.24) is 9.78 Å². The van der Waals surface area contributed by atoms with E-state index in [0.717, 1.165) is 0 Å². The Morgan fingerprint density at radius 2 is 2.33 bits per heavy atom. The van der Waals surface area contributed by atoms with Crippen LogP contribution in [0.25, 0.3) is 0 Å². The predicted octanol–water partition coefficient (Wildman–Crippen LogP) is 1.45. The summed E-state index contributed by atoms with van der Waals surface area (Å²) in [7, 11) is -3.29. The SMILES string of the molecule is CCn1ncc(Br)c1C1(O)CCCC1S(C)(=O)=O. The zero-order valence-corrected chi connectivity index (χ0v) is 12.8. The number of aromatic nitrogens is 2. The first-order valence-electron chi connectivity index (χ1n) is 5.93. The number of rotatable bonds is 3. The average molecular weight is 337 g/mol. The van der Waals surface area contributed by atoms with E-state index in [-0.39, 0.29) is 0 Å². The maximum Gasteiger partial charge on any atom is 0.153 e. The summed E-state index contributed by atoms with van der Waals surface area (Å²) in [6, 6.07) is 0. The fraction of sp³-hybridized carbons (Fsp3) is 0.727. The lowest BCUT2D eigenvalue weighted by molar-refractivity contribution is 0.0376. The van der Waals surface area contributed by atoms with Gasteiger partial charge in [-0.05, 0) is 42.1 Å². The molecule has 1 heterocycles. The topological polar surface area (TPSA) is 72.2 Å². The third-order valence-electron chi connectivity index (χ3n) is 3.58. The maximum absolute atomic E-state index is 11.9. The quantitative estimate of drug-likeness (QED) is 0.906. The van der Waals surface area contributed by atoms with Crippen LogP contribution in [0.1, 0.15) is 31.9 Å². The van der Waals surface area contributed by atoms with Gasteiger partial charge < -0.3 is 5.11 Å². The van der Waals surface area contributed by atoms with Crippen molar-refractivity contribution in [3.8, 4) is 0 Å². The zero-order valence-electron chi connectivity index (χ0n) is 10.4. The first-order valence-corrected chi connectivity index (χ1v) is 8.68. The van der Waals surface area contributed by atoms with E-state index < -0.39 is 20.7 Å². The molecule has 7 heteroatoms. The normalized spacial score (nSPS) is 28.8. The second-order valence-electron chi connectivity index (χ2n) is 4.79. The molecule has 2 unspecified atom stereocenters. The number of aliphatic hydroxyl groups is 1. The minimum absolute atomic E-state index is 0.453. The van der Waals surface area contributed by atoms with Crippen molar-refractivity contribution >= 4 is 25.8 Å². The van der Waals surface area contributed by atoms with Gasteiger partial charge in [-0.25, -0.2) is 8.42 Å². The van der Waals surface area contributed by atoms with E-state index in [4.69, 9.17) is 0 Å². The van der Waals surface area contributed by atoms with E-state index in [1.165, 1.54) is 6.26 Å². The molecule has 1 aliphatic carbocycles. The number of hydrogen-bond acceptors (Lipinski definition) is 4. The Hall–Kier alpha value is -0.400. The molecule has 1 saturated carbocycles. The van der Waals surface area contributed by atoms with Crippen LogP contribution < -0.4 is 0 Å². The summed E-state index contributed by atoms with van der Waals surface area (Å²) in [5.41, 5.74) is -0.753. The number of nitrogens with zero attached hydrogens (tertiary/aromatic N) is 2. The van der Waals surface area contributed by atoms with Crippen LogP contribution in [0.5, 0.6) is 0 Å². The fourth-order valence-corrected chi connectivity index (χ4v) is 5.00. The van der Waals surface area contributed by atoms with Crippen LogP contribution in [0.15, 0.2) is 10.7 Å². The molecule has 2 rings (SSSR count). The third kappa shape index (κ3) is 2.12. The molecule has 0 aromatic carbocycles. The molecule has 18 heavy (non-hydrogen) atoms. The average Bonchev–Trinajstić information content (AvgIpc) is 2.81. The van der Waals surface area contributed by atoms with Crippen molar-refractivity contribution in [3.63, 3.8) is 0 Å². The van der Waals surface area contributed by atoms with Crippen molar-refractivity contribution in [3.05, 3.63) is 16.4 Å². The molecule has 2 atom stereocenters. The van der Waals surface area contributed by atoms with Crippen molar-refractivity contribution in [1.29, 1.82) is 0 Å². The molecule has 1 fully saturated rings. The minimum atomic E-state index is -3.29. The highest BCUT2D eigenvalue weighted by molar-refractivity contribution is 9.10. The Kier molecular flexibility index (Phi) is 3.59. The summed E-state index contributed by atoms with van der Waals surface area (Å²) < 4.78 is 26.0. The van der Waals surface area contributed by atoms with E-state index in [2.05, 4.69) is 21.0 Å². The summed E-state index contributed by atoms with van der Waals surface area (Å²) in [4.78, 5) is 0. The van der Waals surface area contributed by atoms with Gasteiger partial charge in [-0.15, -0.1) is 0 Å². The number of aryl methyl sites for hydroxylation is 1. The molecule has 1 aromatic heterocycles. The lowest BCUT2D eigenvalue weighted by Gasteiger charge is -2.30. The Morgan fingerprint density at radius 3 is 2.89 bits per heavy atom. The van der Waals surface area contributed by atoms with Gasteiger partial charge >= 0.3 is 0 Å². The minimum Gasteiger partial charge on any atom is -0.382 e. The monoisotopic (exact) mass is 336 g/mol. The van der Waals surface area contributed by atoms with Gasteiger partial charge in [0, 0.05) is 12.8 Å². The second kappa shape index (κ2) is 4.61. The number of hydrogen-bond donors (Lipinski definition) is 1. The summed E-state index contributed by atoms with van der Waals surface area (Å²) in [6.45, 7) is 2.51. The molecule has 1 aromatic rings. The highest BCUT2D eigenvalue weighted by Crippen LogP contribution is 2.44. The van der Waals surface area contributed by atoms with Gasteiger partial charge in [-0.2, -0.15) is 5.10 Å². The molecular formula is C11H17BrN2O3S. The van der Waals surface area contributed by atoms with Gasteiger partial charge in [0.1, 0.15) is 5.60 Å². The molecule has 1 aliphatic rings. The third-order valence-corrected chi connectivity index (χ3v) is 5.82. The van der Waals surface area contributed by atoms with Crippen molar-refractivity contribution < 1.29 is 13.5 Å². The van der Waals surface area contributed by atoms with Crippen LogP contribution in [-0.4, -0.2) is 34.8 Å². The van der Waals surface area contributed by atoms with Crippen molar-refractivity contribution in [2.75, 3.05) is 6.26 Å². The van der Waals surface area contributed by atoms with Crippen LogP contribution in [0.2, 0.25) is 0 Å². The largest absolute Gasteiger partial charge is 0.382 e. The summed E-state index contributed by atoms with van der Waals surface area (Å²) >= 11 is 3.36. The Bertz CT molecular complexity index is 555. The van der Waals surface area contributed by atoms with E-state index in [1.807, 2.05) is 6.92 Å². The Balaban J connectivity index is 2.57. The summed E-state index contributed by atoms with van der Waals surface area (Å²) in [5, 5.41) is 14.3. The Morgan fingerprint density at radius 1 is 1.67 bits per heavy atom. The van der Waals surface area contributed by atoms with Gasteiger partial charge in [0.05, 0.1) is 21.6 Å². The number of sulfone groups is 1. The molecule has 0 saturated heterocycles. The van der Waals surface area contributed by atoms with Crippen molar-refractivity contribution in [2.24, 2.45) is 0 Å². The molecule has 0 aliphatic heterocycles. The molecule has 1 N–H and O–H groups in total. The fourth-order valence-electron chi connectivity index (χ4n) is 2.83. The van der Waals surface area contributed by atoms with E-state index in [0.29, 0.717) is 36.0 Å². The molecule has 5 nitrogen and oxygen atoms in total. The lowest BCUT2D eigenvalue weighted by Crippen LogP contribution is -2.41. The van der Waals surface area contributed by atoms with Crippen molar-refractivity contribution in [2.45, 2.75) is 43.6 Å². The smallest absolute Gasteiger partial charge is 0.153 e. The Labute approximate surface area is 115 Å². The molecule has 0 amide bonds. The highest BCUT2D eigenvalue weighted by atomic mass is 79.9. The zero-order chi connectivity index (χ0) is 13.6. The van der Waals surface area contributed by atoms with Crippen LogP contribution in [0, 0.1) is 0 Å². The predicted molar refractivity (Wildman–Crippen MR) is 72.0 cm³/mol. The van der Waals surface area contributed by atoms with Crippen LogP contribution in [0.4, 0.5) is 0 Å². The van der Waals surface area contributed by atoms with Gasteiger partial charge in [-0.1, -0.05) is 0 Å². The number of halogens is 1. The first kappa shape index (κ1) is 14.0. The summed E-state index contributed by atoms with van der Waals surface area (Å²) in [6.07, 6.45) is 4.45. The highest BCUT2D eigenvalue weighted by Gasteiger charge is 2.50. The molecule has 0 radical (unpaired) electrons. The summed E-state index contributed by atoms with van der Waals surface area (Å²) in [5.74, 6) is 0. The standard InChI is InChI=1S/C11H17BrN2O3S/c1-3-14-10(8(12)7-13-14)11(15)6-4-5-9(11)18(2,16)17/h7,9,15H,3-6H2,1-2H3. The first-order chi connectivity index (χ1) is 8.30. The van der Waals surface area contributed by atoms with Crippen LogP contribution in [0.3, 0.4) is 0 Å². The van der Waals surface area contributed by atoms with Gasteiger partial charge in [-0.3, -0.25) is 4.68 Å². The van der Waals surface area contributed by atoms with Crippen LogP contribution in [-0.2, 0) is 22.0 Å². The van der Waals surface area contributed by atoms with Crippen LogP contribution >= 0.6 is 15.9 Å². The van der Waals surface area contributed by atoms with E-state index in [9.17, 15) is 13.5 Å². The van der Waals surface area contributed by atoms with Gasteiger partial charge in [0.15, 0.2) is 9.84 Å². The molecule has 0 bridgehead atoms. The molecular weight excluding hydrogens is 320 g/mol. The van der Waals surface area contributed by atoms with E-state index in [1.54, 1.807) is 10.9 Å². The van der Waals surface area contributed by atoms with Gasteiger partial charge in [0.25, 0.3) is 0 Å². The maximum atomic E-state index is 11.9. The van der Waals surface area contributed by atoms with E-state index >= 15 is 0 Å². The lowest BCUT2D eigenvalue weighted by atomic mass is 9.97.